The van der Waals surface area contributed by atoms with Crippen molar-refractivity contribution in [3.63, 3.8) is 0 Å². The third-order valence-corrected chi connectivity index (χ3v) is 1.95. The Morgan fingerprint density at radius 1 is 1.64 bits per heavy atom. The van der Waals surface area contributed by atoms with Crippen LogP contribution in [0.3, 0.4) is 0 Å². The van der Waals surface area contributed by atoms with Gasteiger partial charge in [0.2, 0.25) is 0 Å². The van der Waals surface area contributed by atoms with E-state index < -0.39 is 0 Å². The molecule has 0 saturated heterocycles. The molecule has 0 aliphatic rings. The predicted octanol–water partition coefficient (Wildman–Crippen LogP) is 0.595. The molecule has 0 saturated carbocycles. The van der Waals surface area contributed by atoms with Crippen LogP contribution in [0.1, 0.15) is 25.7 Å². The fourth-order valence-corrected chi connectivity index (χ4v) is 1.16. The van der Waals surface area contributed by atoms with Gasteiger partial charge in [0.1, 0.15) is 6.33 Å². The first-order valence-electron chi connectivity index (χ1n) is 4.87. The van der Waals surface area contributed by atoms with Gasteiger partial charge in [-0.1, -0.05) is 6.92 Å². The largest absolute Gasteiger partial charge is 0.382 e. The first-order chi connectivity index (χ1) is 6.77. The fraction of sp³-hybridized carbons (Fsp3) is 0.778. The van der Waals surface area contributed by atoms with Gasteiger partial charge in [0.05, 0.1) is 19.2 Å². The van der Waals surface area contributed by atoms with Crippen LogP contribution in [0, 0.1) is 0 Å². The van der Waals surface area contributed by atoms with Gasteiger partial charge in [-0.25, -0.2) is 9.67 Å². The Morgan fingerprint density at radius 3 is 3.07 bits per heavy atom. The molecule has 0 spiro atoms. The van der Waals surface area contributed by atoms with E-state index >= 15 is 0 Å². The molecule has 1 N–H and O–H groups in total. The first kappa shape index (κ1) is 11.1. The van der Waals surface area contributed by atoms with Crippen LogP contribution >= 0.6 is 0 Å². The molecule has 0 aromatic carbocycles. The molecule has 1 unspecified atom stereocenters. The van der Waals surface area contributed by atoms with E-state index in [1.54, 1.807) is 13.4 Å². The molecule has 80 valence electrons. The summed E-state index contributed by atoms with van der Waals surface area (Å²) in [6.45, 7) is 6.43. The second kappa shape index (κ2) is 5.72. The van der Waals surface area contributed by atoms with Crippen LogP contribution in [0.15, 0.2) is 6.33 Å². The van der Waals surface area contributed by atoms with E-state index in [1.165, 1.54) is 0 Å². The van der Waals surface area contributed by atoms with Gasteiger partial charge in [-0.15, -0.1) is 0 Å². The minimum atomic E-state index is 0.239. The van der Waals surface area contributed by atoms with E-state index in [9.17, 15) is 0 Å². The maximum atomic E-state index is 5.04. The summed E-state index contributed by atoms with van der Waals surface area (Å²) in [6, 6.07) is 0.239. The second-order valence-corrected chi connectivity index (χ2v) is 3.23. The molecule has 1 aromatic heterocycles. The third kappa shape index (κ3) is 3.08. The number of rotatable bonds is 6. The minimum Gasteiger partial charge on any atom is -0.382 e. The van der Waals surface area contributed by atoms with Gasteiger partial charge in [0.15, 0.2) is 5.82 Å². The van der Waals surface area contributed by atoms with Crippen LogP contribution in [-0.2, 0) is 11.3 Å². The number of nitrogens with zero attached hydrogens (tertiary/aromatic N) is 3. The van der Waals surface area contributed by atoms with Crippen LogP contribution in [0.4, 0.5) is 0 Å². The summed E-state index contributed by atoms with van der Waals surface area (Å²) in [5.41, 5.74) is 0. The quantitative estimate of drug-likeness (QED) is 0.727. The van der Waals surface area contributed by atoms with E-state index in [0.717, 1.165) is 18.9 Å². The normalized spacial score (nSPS) is 13.1. The Balaban J connectivity index is 2.49. The lowest BCUT2D eigenvalue weighted by molar-refractivity contribution is 0.156. The van der Waals surface area contributed by atoms with E-state index in [1.807, 2.05) is 4.68 Å². The summed E-state index contributed by atoms with van der Waals surface area (Å²) < 4.78 is 6.87. The number of hydrogen-bond acceptors (Lipinski definition) is 4. The average molecular weight is 198 g/mol. The molecule has 1 rings (SSSR count). The lowest BCUT2D eigenvalue weighted by Gasteiger charge is -2.08. The van der Waals surface area contributed by atoms with Gasteiger partial charge in [0, 0.05) is 7.11 Å². The van der Waals surface area contributed by atoms with E-state index in [2.05, 4.69) is 29.2 Å². The van der Waals surface area contributed by atoms with Crippen LogP contribution in [0.5, 0.6) is 0 Å². The van der Waals surface area contributed by atoms with Gasteiger partial charge in [0.25, 0.3) is 0 Å². The maximum Gasteiger partial charge on any atom is 0.164 e. The SMILES string of the molecule is CCNCc1ncn(C(C)COC)n1. The van der Waals surface area contributed by atoms with Gasteiger partial charge >= 0.3 is 0 Å². The monoisotopic (exact) mass is 198 g/mol. The Labute approximate surface area is 84.5 Å². The average Bonchev–Trinajstić information content (AvgIpc) is 2.63. The van der Waals surface area contributed by atoms with Crippen LogP contribution in [0.25, 0.3) is 0 Å². The molecular weight excluding hydrogens is 180 g/mol. The molecule has 0 aliphatic carbocycles. The summed E-state index contributed by atoms with van der Waals surface area (Å²) in [5, 5.41) is 7.51. The van der Waals surface area contributed by atoms with Gasteiger partial charge in [-0.2, -0.15) is 5.10 Å². The van der Waals surface area contributed by atoms with E-state index in [-0.39, 0.29) is 6.04 Å². The predicted molar refractivity (Wildman–Crippen MR) is 54.0 cm³/mol. The Hall–Kier alpha value is -0.940. The zero-order valence-electron chi connectivity index (χ0n) is 9.03. The fourth-order valence-electron chi connectivity index (χ4n) is 1.16. The van der Waals surface area contributed by atoms with Crippen molar-refractivity contribution in [1.29, 1.82) is 0 Å². The smallest absolute Gasteiger partial charge is 0.164 e. The summed E-state index contributed by atoms with van der Waals surface area (Å²) in [4.78, 5) is 4.19. The highest BCUT2D eigenvalue weighted by Crippen LogP contribution is 2.03. The van der Waals surface area contributed by atoms with Crippen molar-refractivity contribution in [1.82, 2.24) is 20.1 Å². The Morgan fingerprint density at radius 2 is 2.43 bits per heavy atom. The second-order valence-electron chi connectivity index (χ2n) is 3.23. The van der Waals surface area contributed by atoms with Crippen molar-refractivity contribution in [2.45, 2.75) is 26.4 Å². The molecule has 1 heterocycles. The molecule has 5 nitrogen and oxygen atoms in total. The van der Waals surface area contributed by atoms with Crippen molar-refractivity contribution in [2.75, 3.05) is 20.3 Å². The van der Waals surface area contributed by atoms with Gasteiger partial charge in [-0.05, 0) is 13.5 Å². The molecule has 0 fully saturated rings. The molecule has 0 aliphatic heterocycles. The summed E-state index contributed by atoms with van der Waals surface area (Å²) in [6.07, 6.45) is 1.75. The van der Waals surface area contributed by atoms with Gasteiger partial charge in [-0.3, -0.25) is 0 Å². The minimum absolute atomic E-state index is 0.239. The van der Waals surface area contributed by atoms with Crippen molar-refractivity contribution < 1.29 is 4.74 Å². The molecule has 0 amide bonds. The van der Waals surface area contributed by atoms with Crippen LogP contribution in [-0.4, -0.2) is 35.0 Å². The Bertz CT molecular complexity index is 261. The summed E-state index contributed by atoms with van der Waals surface area (Å²) >= 11 is 0. The number of nitrogens with one attached hydrogen (secondary N) is 1. The van der Waals surface area contributed by atoms with Crippen molar-refractivity contribution in [3.05, 3.63) is 12.2 Å². The zero-order chi connectivity index (χ0) is 10.4. The molecule has 14 heavy (non-hydrogen) atoms. The molecule has 0 radical (unpaired) electrons. The number of methoxy groups -OCH3 is 1. The summed E-state index contributed by atoms with van der Waals surface area (Å²) in [5.74, 6) is 0.829. The highest BCUT2D eigenvalue weighted by atomic mass is 16.5. The van der Waals surface area contributed by atoms with Crippen LogP contribution in [0.2, 0.25) is 0 Å². The van der Waals surface area contributed by atoms with Crippen molar-refractivity contribution in [2.24, 2.45) is 0 Å². The van der Waals surface area contributed by atoms with Crippen molar-refractivity contribution >= 4 is 0 Å². The number of ether oxygens (including phenoxy) is 1. The topological polar surface area (TPSA) is 52.0 Å². The molecular formula is C9H18N4O. The molecule has 5 heteroatoms. The third-order valence-electron chi connectivity index (χ3n) is 1.95. The van der Waals surface area contributed by atoms with E-state index in [0.29, 0.717) is 6.61 Å². The number of hydrogen-bond donors (Lipinski definition) is 1. The lowest BCUT2D eigenvalue weighted by atomic mass is 10.4. The number of aromatic nitrogens is 3. The maximum absolute atomic E-state index is 5.04. The van der Waals surface area contributed by atoms with E-state index in [4.69, 9.17) is 4.74 Å². The highest BCUT2D eigenvalue weighted by molar-refractivity contribution is 4.82. The lowest BCUT2D eigenvalue weighted by Crippen LogP contribution is -2.15. The molecule has 0 bridgehead atoms. The Kier molecular flexibility index (Phi) is 4.55. The first-order valence-corrected chi connectivity index (χ1v) is 4.87. The molecule has 1 aromatic rings. The zero-order valence-corrected chi connectivity index (χ0v) is 9.03. The highest BCUT2D eigenvalue weighted by Gasteiger charge is 2.06. The summed E-state index contributed by atoms with van der Waals surface area (Å²) in [7, 11) is 1.69. The van der Waals surface area contributed by atoms with Gasteiger partial charge < -0.3 is 10.1 Å². The standard InChI is InChI=1S/C9H18N4O/c1-4-10-5-9-11-7-13(12-9)8(2)6-14-3/h7-8,10H,4-6H2,1-3H3. The van der Waals surface area contributed by atoms with Crippen molar-refractivity contribution in [3.8, 4) is 0 Å². The molecule has 1 atom stereocenters. The van der Waals surface area contributed by atoms with Crippen LogP contribution < -0.4 is 5.32 Å².